The summed E-state index contributed by atoms with van der Waals surface area (Å²) in [5.74, 6) is 0.220. The number of pyridine rings is 1. The van der Waals surface area contributed by atoms with Gasteiger partial charge in [0, 0.05) is 11.6 Å². The normalized spacial score (nSPS) is 10.4. The number of thiazole rings is 1. The molecule has 3 aromatic rings. The van der Waals surface area contributed by atoms with E-state index >= 15 is 0 Å². The Morgan fingerprint density at radius 3 is 2.88 bits per heavy atom. The van der Waals surface area contributed by atoms with Crippen molar-refractivity contribution >= 4 is 28.9 Å². The van der Waals surface area contributed by atoms with Crippen LogP contribution in [0.2, 0.25) is 5.15 Å². The van der Waals surface area contributed by atoms with Gasteiger partial charge in [0.2, 0.25) is 0 Å². The molecule has 0 saturated heterocycles. The smallest absolute Gasteiger partial charge is 0.341 e. The highest BCUT2D eigenvalue weighted by Gasteiger charge is 2.14. The Labute approximate surface area is 147 Å². The van der Waals surface area contributed by atoms with Crippen LogP contribution in [0.25, 0.3) is 10.6 Å². The Balaban J connectivity index is 1.71. The zero-order valence-corrected chi connectivity index (χ0v) is 14.3. The lowest BCUT2D eigenvalue weighted by molar-refractivity contribution is 0.0468. The van der Waals surface area contributed by atoms with Crippen LogP contribution in [0.4, 0.5) is 0 Å². The van der Waals surface area contributed by atoms with Crippen LogP contribution in [-0.2, 0) is 11.3 Å². The van der Waals surface area contributed by atoms with Gasteiger partial charge in [-0.2, -0.15) is 0 Å². The first-order valence-corrected chi connectivity index (χ1v) is 8.30. The topological polar surface area (TPSA) is 61.3 Å². The maximum Gasteiger partial charge on any atom is 0.341 e. The number of hydrogen-bond donors (Lipinski definition) is 0. The van der Waals surface area contributed by atoms with Crippen molar-refractivity contribution in [2.45, 2.75) is 6.61 Å². The molecule has 0 aliphatic carbocycles. The van der Waals surface area contributed by atoms with Crippen LogP contribution < -0.4 is 4.74 Å². The molecule has 2 heterocycles. The average Bonchev–Trinajstić information content (AvgIpc) is 3.09. The summed E-state index contributed by atoms with van der Waals surface area (Å²) in [5.41, 5.74) is 1.80. The minimum atomic E-state index is -0.528. The van der Waals surface area contributed by atoms with Crippen LogP contribution in [0.1, 0.15) is 16.1 Å². The van der Waals surface area contributed by atoms with Crippen molar-refractivity contribution < 1.29 is 14.3 Å². The van der Waals surface area contributed by atoms with Gasteiger partial charge in [0.25, 0.3) is 0 Å². The van der Waals surface area contributed by atoms with Crippen molar-refractivity contribution in [2.24, 2.45) is 0 Å². The van der Waals surface area contributed by atoms with Gasteiger partial charge in [-0.15, -0.1) is 11.3 Å². The summed E-state index contributed by atoms with van der Waals surface area (Å²) in [6.07, 6.45) is 1.51. The second-order valence-electron chi connectivity index (χ2n) is 4.76. The lowest BCUT2D eigenvalue weighted by Crippen LogP contribution is -2.06. The molecule has 7 heteroatoms. The summed E-state index contributed by atoms with van der Waals surface area (Å²) < 4.78 is 10.6. The number of rotatable bonds is 5. The fourth-order valence-corrected chi connectivity index (χ4v) is 3.10. The maximum absolute atomic E-state index is 12.0. The fourth-order valence-electron chi connectivity index (χ4n) is 2.07. The highest BCUT2D eigenvalue weighted by molar-refractivity contribution is 7.13. The number of aromatic nitrogens is 2. The van der Waals surface area contributed by atoms with E-state index in [1.807, 2.05) is 29.6 Å². The molecule has 0 aliphatic heterocycles. The Kier molecular flexibility index (Phi) is 5.08. The van der Waals surface area contributed by atoms with E-state index in [0.29, 0.717) is 5.69 Å². The van der Waals surface area contributed by atoms with Crippen molar-refractivity contribution in [1.82, 2.24) is 9.97 Å². The molecule has 0 aliphatic rings. The van der Waals surface area contributed by atoms with Gasteiger partial charge in [0.1, 0.15) is 22.5 Å². The average molecular weight is 361 g/mol. The second kappa shape index (κ2) is 7.42. The summed E-state index contributed by atoms with van der Waals surface area (Å²) in [5, 5.41) is 2.77. The highest BCUT2D eigenvalue weighted by atomic mass is 35.5. The second-order valence-corrected chi connectivity index (χ2v) is 5.98. The number of para-hydroxylation sites is 1. The molecule has 0 N–H and O–H groups in total. The van der Waals surface area contributed by atoms with Gasteiger partial charge >= 0.3 is 5.97 Å². The number of esters is 1. The van der Waals surface area contributed by atoms with E-state index in [1.165, 1.54) is 17.5 Å². The van der Waals surface area contributed by atoms with Crippen molar-refractivity contribution in [3.8, 4) is 16.3 Å². The van der Waals surface area contributed by atoms with E-state index in [2.05, 4.69) is 9.97 Å². The molecule has 0 spiro atoms. The predicted molar refractivity (Wildman–Crippen MR) is 92.5 cm³/mol. The molecule has 0 unspecified atom stereocenters. The van der Waals surface area contributed by atoms with Gasteiger partial charge in [-0.25, -0.2) is 14.8 Å². The molecule has 0 radical (unpaired) electrons. The number of ether oxygens (including phenoxy) is 2. The number of benzene rings is 1. The van der Waals surface area contributed by atoms with Crippen molar-refractivity contribution in [3.63, 3.8) is 0 Å². The van der Waals surface area contributed by atoms with E-state index in [0.717, 1.165) is 16.3 Å². The Morgan fingerprint density at radius 1 is 1.25 bits per heavy atom. The standard InChI is InChI=1S/C17H13ClN2O3S/c1-22-14-7-3-2-5-12(14)16-20-11(10-24-16)9-23-17(21)13-6-4-8-19-15(13)18/h2-8,10H,9H2,1H3. The lowest BCUT2D eigenvalue weighted by atomic mass is 10.2. The minimum Gasteiger partial charge on any atom is -0.496 e. The molecule has 3 rings (SSSR count). The Bertz CT molecular complexity index is 866. The largest absolute Gasteiger partial charge is 0.496 e. The van der Waals surface area contributed by atoms with Gasteiger partial charge in [-0.1, -0.05) is 23.7 Å². The molecule has 2 aromatic heterocycles. The van der Waals surface area contributed by atoms with E-state index in [9.17, 15) is 4.79 Å². The summed E-state index contributed by atoms with van der Waals surface area (Å²) >= 11 is 7.34. The Morgan fingerprint density at radius 2 is 2.08 bits per heavy atom. The number of carbonyl (C=O) groups excluding carboxylic acids is 1. The maximum atomic E-state index is 12.0. The number of halogens is 1. The van der Waals surface area contributed by atoms with E-state index in [1.54, 1.807) is 19.2 Å². The number of carbonyl (C=O) groups is 1. The Hall–Kier alpha value is -2.44. The summed E-state index contributed by atoms with van der Waals surface area (Å²) in [7, 11) is 1.62. The molecular formula is C17H13ClN2O3S. The first-order chi connectivity index (χ1) is 11.7. The third-order valence-electron chi connectivity index (χ3n) is 3.22. The number of nitrogens with zero attached hydrogens (tertiary/aromatic N) is 2. The number of hydrogen-bond acceptors (Lipinski definition) is 6. The summed E-state index contributed by atoms with van der Waals surface area (Å²) in [6.45, 7) is 0.0652. The molecule has 0 bridgehead atoms. The molecule has 1 aromatic carbocycles. The predicted octanol–water partition coefficient (Wildman–Crippen LogP) is 4.22. The van der Waals surface area contributed by atoms with Gasteiger partial charge < -0.3 is 9.47 Å². The molecule has 122 valence electrons. The van der Waals surface area contributed by atoms with Crippen LogP contribution >= 0.6 is 22.9 Å². The third-order valence-corrected chi connectivity index (χ3v) is 4.44. The van der Waals surface area contributed by atoms with Gasteiger partial charge in [0.05, 0.1) is 23.9 Å². The van der Waals surface area contributed by atoms with Gasteiger partial charge in [-0.05, 0) is 24.3 Å². The molecule has 0 saturated carbocycles. The molecule has 24 heavy (non-hydrogen) atoms. The third kappa shape index (κ3) is 3.55. The van der Waals surface area contributed by atoms with Crippen molar-refractivity contribution in [3.05, 3.63) is 64.4 Å². The molecular weight excluding hydrogens is 348 g/mol. The molecule has 0 fully saturated rings. The first-order valence-electron chi connectivity index (χ1n) is 7.04. The number of methoxy groups -OCH3 is 1. The van der Waals surface area contributed by atoms with Crippen LogP contribution in [0.5, 0.6) is 5.75 Å². The highest BCUT2D eigenvalue weighted by Crippen LogP contribution is 2.32. The minimum absolute atomic E-state index is 0.0652. The van der Waals surface area contributed by atoms with Gasteiger partial charge in [0.15, 0.2) is 0 Å². The molecule has 0 amide bonds. The first kappa shape index (κ1) is 16.4. The summed E-state index contributed by atoms with van der Waals surface area (Å²) in [6, 6.07) is 10.8. The van der Waals surface area contributed by atoms with Crippen LogP contribution in [-0.4, -0.2) is 23.0 Å². The quantitative estimate of drug-likeness (QED) is 0.503. The van der Waals surface area contributed by atoms with Crippen LogP contribution in [0, 0.1) is 0 Å². The molecule has 5 nitrogen and oxygen atoms in total. The van der Waals surface area contributed by atoms with Crippen molar-refractivity contribution in [1.29, 1.82) is 0 Å². The lowest BCUT2D eigenvalue weighted by Gasteiger charge is -2.05. The van der Waals surface area contributed by atoms with E-state index in [4.69, 9.17) is 21.1 Å². The fraction of sp³-hybridized carbons (Fsp3) is 0.118. The monoisotopic (exact) mass is 360 g/mol. The SMILES string of the molecule is COc1ccccc1-c1nc(COC(=O)c2cccnc2Cl)cs1. The zero-order valence-electron chi connectivity index (χ0n) is 12.7. The van der Waals surface area contributed by atoms with E-state index < -0.39 is 5.97 Å². The molecule has 0 atom stereocenters. The van der Waals surface area contributed by atoms with Gasteiger partial charge in [-0.3, -0.25) is 0 Å². The van der Waals surface area contributed by atoms with Crippen LogP contribution in [0.3, 0.4) is 0 Å². The van der Waals surface area contributed by atoms with E-state index in [-0.39, 0.29) is 17.3 Å². The van der Waals surface area contributed by atoms with Crippen LogP contribution in [0.15, 0.2) is 48.0 Å². The zero-order chi connectivity index (χ0) is 16.9. The van der Waals surface area contributed by atoms with Crippen molar-refractivity contribution in [2.75, 3.05) is 7.11 Å². The summed E-state index contributed by atoms with van der Waals surface area (Å²) in [4.78, 5) is 20.4.